The molecule has 0 fully saturated rings. The Labute approximate surface area is 183 Å². The van der Waals surface area contributed by atoms with E-state index >= 15 is 0 Å². The maximum Gasteiger partial charge on any atom is 0.255 e. The monoisotopic (exact) mass is 426 g/mol. The van der Waals surface area contributed by atoms with Crippen molar-refractivity contribution in [2.45, 2.75) is 33.2 Å². The molecule has 0 aromatic heterocycles. The molecule has 0 aliphatic carbocycles. The molecule has 0 bridgehead atoms. The summed E-state index contributed by atoms with van der Waals surface area (Å²) in [6.45, 7) is 6.85. The maximum atomic E-state index is 12.7. The largest absolute Gasteiger partial charge is 0.493 e. The highest BCUT2D eigenvalue weighted by Gasteiger charge is 2.19. The summed E-state index contributed by atoms with van der Waals surface area (Å²) in [6, 6.07) is 12.9. The number of para-hydroxylation sites is 2. The molecule has 7 nitrogen and oxygen atoms in total. The van der Waals surface area contributed by atoms with E-state index in [0.717, 1.165) is 17.1 Å². The summed E-state index contributed by atoms with van der Waals surface area (Å²) in [5.74, 6) is 1.85. The summed E-state index contributed by atoms with van der Waals surface area (Å²) in [6.07, 6.45) is 0.915. The van der Waals surface area contributed by atoms with E-state index in [2.05, 4.69) is 5.32 Å². The van der Waals surface area contributed by atoms with Crippen molar-refractivity contribution in [3.63, 3.8) is 0 Å². The lowest BCUT2D eigenvalue weighted by Gasteiger charge is -2.25. The Hall–Kier alpha value is -3.22. The molecule has 3 rings (SSSR count). The van der Waals surface area contributed by atoms with Crippen molar-refractivity contribution >= 4 is 11.8 Å². The quantitative estimate of drug-likeness (QED) is 0.589. The third-order valence-electron chi connectivity index (χ3n) is 5.03. The van der Waals surface area contributed by atoms with Crippen LogP contribution in [0.1, 0.15) is 42.6 Å². The van der Waals surface area contributed by atoms with Gasteiger partial charge >= 0.3 is 0 Å². The molecule has 0 radical (unpaired) electrons. The van der Waals surface area contributed by atoms with Crippen LogP contribution in [0.3, 0.4) is 0 Å². The fourth-order valence-corrected chi connectivity index (χ4v) is 3.47. The second kappa shape index (κ2) is 11.2. The minimum absolute atomic E-state index is 0.0424. The summed E-state index contributed by atoms with van der Waals surface area (Å²) < 4.78 is 16.9. The minimum Gasteiger partial charge on any atom is -0.493 e. The van der Waals surface area contributed by atoms with Gasteiger partial charge < -0.3 is 24.4 Å². The van der Waals surface area contributed by atoms with Crippen molar-refractivity contribution in [2.75, 3.05) is 32.9 Å². The zero-order valence-electron chi connectivity index (χ0n) is 18.2. The van der Waals surface area contributed by atoms with Gasteiger partial charge in [0.05, 0.1) is 12.2 Å². The molecule has 2 aromatic rings. The maximum absolute atomic E-state index is 12.7. The van der Waals surface area contributed by atoms with Crippen LogP contribution in [0.4, 0.5) is 0 Å². The van der Waals surface area contributed by atoms with Crippen molar-refractivity contribution in [2.24, 2.45) is 0 Å². The molecule has 2 aromatic carbocycles. The Morgan fingerprint density at radius 1 is 1.06 bits per heavy atom. The van der Waals surface area contributed by atoms with Gasteiger partial charge in [-0.05, 0) is 38.5 Å². The van der Waals surface area contributed by atoms with E-state index in [1.54, 1.807) is 23.1 Å². The topological polar surface area (TPSA) is 77.1 Å². The molecule has 166 valence electrons. The fourth-order valence-electron chi connectivity index (χ4n) is 3.47. The molecule has 0 saturated carbocycles. The molecule has 0 spiro atoms. The number of hydrogen-bond acceptors (Lipinski definition) is 5. The van der Waals surface area contributed by atoms with Gasteiger partial charge in [0.2, 0.25) is 5.91 Å². The predicted molar refractivity (Wildman–Crippen MR) is 118 cm³/mol. The molecule has 1 aliphatic rings. The van der Waals surface area contributed by atoms with Crippen LogP contribution in [-0.4, -0.2) is 49.6 Å². The summed E-state index contributed by atoms with van der Waals surface area (Å²) in [5.41, 5.74) is 1.44. The highest BCUT2D eigenvalue weighted by Crippen LogP contribution is 2.34. The fraction of sp³-hybridized carbons (Fsp3) is 0.417. The molecule has 1 aliphatic heterocycles. The first kappa shape index (κ1) is 22.5. The minimum atomic E-state index is -0.197. The van der Waals surface area contributed by atoms with E-state index in [4.69, 9.17) is 14.2 Å². The summed E-state index contributed by atoms with van der Waals surface area (Å²) in [5, 5.41) is 2.87. The average molecular weight is 427 g/mol. The average Bonchev–Trinajstić information content (AvgIpc) is 2.80. The Bertz CT molecular complexity index is 899. The van der Waals surface area contributed by atoms with Gasteiger partial charge in [-0.15, -0.1) is 0 Å². The van der Waals surface area contributed by atoms with Crippen molar-refractivity contribution in [1.29, 1.82) is 0 Å². The Kier molecular flexibility index (Phi) is 8.15. The molecule has 1 heterocycles. The van der Waals surface area contributed by atoms with E-state index in [-0.39, 0.29) is 11.8 Å². The van der Waals surface area contributed by atoms with Crippen LogP contribution in [0, 0.1) is 0 Å². The van der Waals surface area contributed by atoms with Crippen LogP contribution in [0.5, 0.6) is 17.2 Å². The van der Waals surface area contributed by atoms with Crippen molar-refractivity contribution in [3.05, 3.63) is 53.6 Å². The molecule has 7 heteroatoms. The van der Waals surface area contributed by atoms with Crippen LogP contribution in [-0.2, 0) is 11.3 Å². The van der Waals surface area contributed by atoms with Crippen LogP contribution in [0.25, 0.3) is 0 Å². The number of nitrogens with zero attached hydrogens (tertiary/aromatic N) is 1. The van der Waals surface area contributed by atoms with Crippen LogP contribution in [0.15, 0.2) is 42.5 Å². The van der Waals surface area contributed by atoms with E-state index in [9.17, 15) is 9.59 Å². The Balaban J connectivity index is 1.49. The second-order valence-electron chi connectivity index (χ2n) is 7.14. The number of benzene rings is 2. The first-order chi connectivity index (χ1) is 15.1. The summed E-state index contributed by atoms with van der Waals surface area (Å²) in [7, 11) is 0. The second-order valence-corrected chi connectivity index (χ2v) is 7.14. The highest BCUT2D eigenvalue weighted by molar-refractivity contribution is 5.96. The molecule has 0 atom stereocenters. The zero-order chi connectivity index (χ0) is 22.1. The number of carbonyl (C=O) groups excluding carboxylic acids is 2. The molecule has 0 unspecified atom stereocenters. The van der Waals surface area contributed by atoms with Gasteiger partial charge in [-0.25, -0.2) is 0 Å². The molecular formula is C24H30N2O5. The van der Waals surface area contributed by atoms with Crippen LogP contribution >= 0.6 is 0 Å². The van der Waals surface area contributed by atoms with Crippen molar-refractivity contribution < 1.29 is 23.8 Å². The van der Waals surface area contributed by atoms with E-state index in [0.29, 0.717) is 63.6 Å². The third-order valence-corrected chi connectivity index (χ3v) is 5.03. The lowest BCUT2D eigenvalue weighted by molar-refractivity contribution is -0.131. The number of amides is 2. The number of carbonyl (C=O) groups is 2. The number of fused-ring (bicyclic) bond motifs is 1. The van der Waals surface area contributed by atoms with Gasteiger partial charge in [0.25, 0.3) is 5.91 Å². The Morgan fingerprint density at radius 3 is 2.68 bits per heavy atom. The first-order valence-corrected chi connectivity index (χ1v) is 10.8. The van der Waals surface area contributed by atoms with Crippen molar-refractivity contribution in [3.8, 4) is 17.2 Å². The van der Waals surface area contributed by atoms with Gasteiger partial charge in [0.1, 0.15) is 19.0 Å². The molecule has 2 amide bonds. The number of nitrogens with one attached hydrogen (secondary N) is 1. The number of rotatable bonds is 10. The van der Waals surface area contributed by atoms with Gasteiger partial charge in [-0.1, -0.05) is 24.3 Å². The molecule has 1 N–H and O–H groups in total. The molecule has 31 heavy (non-hydrogen) atoms. The highest BCUT2D eigenvalue weighted by atomic mass is 16.6. The lowest BCUT2D eigenvalue weighted by Crippen LogP contribution is -2.32. The lowest BCUT2D eigenvalue weighted by atomic mass is 10.1. The normalized spacial score (nSPS) is 12.2. The Morgan fingerprint density at radius 2 is 1.87 bits per heavy atom. The molecular weight excluding hydrogens is 396 g/mol. The van der Waals surface area contributed by atoms with Gasteiger partial charge in [0.15, 0.2) is 11.5 Å². The van der Waals surface area contributed by atoms with E-state index in [1.165, 1.54) is 0 Å². The smallest absolute Gasteiger partial charge is 0.255 e. The van der Waals surface area contributed by atoms with E-state index in [1.807, 2.05) is 38.1 Å². The van der Waals surface area contributed by atoms with Crippen LogP contribution in [0.2, 0.25) is 0 Å². The summed E-state index contributed by atoms with van der Waals surface area (Å²) in [4.78, 5) is 27.0. The molecule has 0 saturated heterocycles. The number of hydrogen-bond donors (Lipinski definition) is 1. The van der Waals surface area contributed by atoms with Crippen molar-refractivity contribution in [1.82, 2.24) is 10.2 Å². The van der Waals surface area contributed by atoms with Gasteiger partial charge in [-0.2, -0.15) is 0 Å². The SMILES string of the molecule is CCOc1ccccc1C(=O)NCCCC(=O)N(CC)Cc1cccc2c1OCCO2. The van der Waals surface area contributed by atoms with E-state index < -0.39 is 0 Å². The third kappa shape index (κ3) is 5.90. The standard InChI is InChI=1S/C24H30N2O5/c1-3-26(17-18-9-7-12-21-23(18)31-16-15-30-21)22(27)13-8-14-25-24(28)19-10-5-6-11-20(19)29-4-2/h5-7,9-12H,3-4,8,13-17H2,1-2H3,(H,25,28). The van der Waals surface area contributed by atoms with Crippen LogP contribution < -0.4 is 19.5 Å². The number of ether oxygens (including phenoxy) is 3. The van der Waals surface area contributed by atoms with Gasteiger partial charge in [-0.3, -0.25) is 9.59 Å². The zero-order valence-corrected chi connectivity index (χ0v) is 18.2. The summed E-state index contributed by atoms with van der Waals surface area (Å²) >= 11 is 0. The predicted octanol–water partition coefficient (Wildman–Crippen LogP) is 3.42. The van der Waals surface area contributed by atoms with Gasteiger partial charge in [0, 0.05) is 31.6 Å². The first-order valence-electron chi connectivity index (χ1n) is 10.8.